The van der Waals surface area contributed by atoms with E-state index in [9.17, 15) is 4.79 Å². The zero-order valence-corrected chi connectivity index (χ0v) is 16.4. The van der Waals surface area contributed by atoms with Crippen molar-refractivity contribution in [2.45, 2.75) is 20.4 Å². The van der Waals surface area contributed by atoms with E-state index >= 15 is 0 Å². The SMILES string of the molecule is Cc1nn(-c2ccc(Br)cc2)c(C)c1C(=O)NCc1n[nH]c(=S)n1C. The van der Waals surface area contributed by atoms with Crippen LogP contribution in [0.15, 0.2) is 28.7 Å². The zero-order valence-electron chi connectivity index (χ0n) is 14.0. The fourth-order valence-corrected chi connectivity index (χ4v) is 3.01. The van der Waals surface area contributed by atoms with Gasteiger partial charge in [-0.1, -0.05) is 15.9 Å². The van der Waals surface area contributed by atoms with Gasteiger partial charge in [-0.15, -0.1) is 0 Å². The summed E-state index contributed by atoms with van der Waals surface area (Å²) in [5.74, 6) is 0.473. The van der Waals surface area contributed by atoms with Gasteiger partial charge in [-0.25, -0.2) is 4.68 Å². The molecule has 130 valence electrons. The molecule has 3 rings (SSSR count). The average molecular weight is 421 g/mol. The molecule has 25 heavy (non-hydrogen) atoms. The van der Waals surface area contributed by atoms with Crippen LogP contribution in [0.2, 0.25) is 0 Å². The van der Waals surface area contributed by atoms with Crippen molar-refractivity contribution in [3.63, 3.8) is 0 Å². The quantitative estimate of drug-likeness (QED) is 0.635. The molecular weight excluding hydrogens is 404 g/mol. The third kappa shape index (κ3) is 3.42. The van der Waals surface area contributed by atoms with E-state index in [4.69, 9.17) is 12.2 Å². The van der Waals surface area contributed by atoms with Crippen LogP contribution in [-0.4, -0.2) is 30.5 Å². The summed E-state index contributed by atoms with van der Waals surface area (Å²) in [6.45, 7) is 3.99. The Morgan fingerprint density at radius 2 is 2.00 bits per heavy atom. The van der Waals surface area contributed by atoms with E-state index < -0.39 is 0 Å². The number of amides is 1. The lowest BCUT2D eigenvalue weighted by molar-refractivity contribution is 0.0948. The van der Waals surface area contributed by atoms with E-state index in [1.54, 1.807) is 16.3 Å². The molecule has 7 nitrogen and oxygen atoms in total. The summed E-state index contributed by atoms with van der Waals surface area (Å²) in [5, 5.41) is 14.2. The van der Waals surface area contributed by atoms with Crippen molar-refractivity contribution < 1.29 is 4.79 Å². The number of aromatic amines is 1. The van der Waals surface area contributed by atoms with Crippen LogP contribution in [-0.2, 0) is 13.6 Å². The maximum absolute atomic E-state index is 12.6. The maximum Gasteiger partial charge on any atom is 0.255 e. The lowest BCUT2D eigenvalue weighted by Crippen LogP contribution is -2.25. The minimum Gasteiger partial charge on any atom is -0.345 e. The van der Waals surface area contributed by atoms with E-state index in [1.807, 2.05) is 38.1 Å². The second-order valence-corrected chi connectivity index (χ2v) is 6.92. The van der Waals surface area contributed by atoms with Crippen LogP contribution in [0.1, 0.15) is 27.6 Å². The van der Waals surface area contributed by atoms with Gasteiger partial charge in [0.1, 0.15) is 0 Å². The van der Waals surface area contributed by atoms with Crippen molar-refractivity contribution >= 4 is 34.1 Å². The van der Waals surface area contributed by atoms with Gasteiger partial charge in [-0.05, 0) is 50.3 Å². The number of aryl methyl sites for hydroxylation is 1. The molecule has 0 aliphatic carbocycles. The highest BCUT2D eigenvalue weighted by Gasteiger charge is 2.19. The number of carbonyl (C=O) groups is 1. The number of hydrogen-bond acceptors (Lipinski definition) is 4. The minimum absolute atomic E-state index is 0.188. The summed E-state index contributed by atoms with van der Waals surface area (Å²) in [5.41, 5.74) is 2.93. The van der Waals surface area contributed by atoms with Gasteiger partial charge >= 0.3 is 0 Å². The first-order valence-corrected chi connectivity index (χ1v) is 8.79. The van der Waals surface area contributed by atoms with Gasteiger partial charge in [0, 0.05) is 11.5 Å². The number of halogens is 1. The highest BCUT2D eigenvalue weighted by Crippen LogP contribution is 2.19. The zero-order chi connectivity index (χ0) is 18.1. The Kier molecular flexibility index (Phi) is 4.87. The molecule has 0 atom stereocenters. The highest BCUT2D eigenvalue weighted by atomic mass is 79.9. The van der Waals surface area contributed by atoms with Crippen LogP contribution >= 0.6 is 28.1 Å². The lowest BCUT2D eigenvalue weighted by Gasteiger charge is -2.07. The number of aromatic nitrogens is 5. The molecule has 3 aromatic rings. The van der Waals surface area contributed by atoms with Crippen molar-refractivity contribution in [1.82, 2.24) is 29.9 Å². The molecule has 2 aromatic heterocycles. The Balaban J connectivity index is 1.84. The largest absolute Gasteiger partial charge is 0.345 e. The van der Waals surface area contributed by atoms with Gasteiger partial charge in [0.25, 0.3) is 5.91 Å². The van der Waals surface area contributed by atoms with Gasteiger partial charge in [-0.2, -0.15) is 10.2 Å². The summed E-state index contributed by atoms with van der Waals surface area (Å²) in [7, 11) is 1.80. The minimum atomic E-state index is -0.188. The molecule has 0 fully saturated rings. The molecule has 0 unspecified atom stereocenters. The molecule has 0 aliphatic rings. The van der Waals surface area contributed by atoms with E-state index in [1.165, 1.54) is 0 Å². The Bertz CT molecular complexity index is 985. The van der Waals surface area contributed by atoms with E-state index in [0.29, 0.717) is 21.9 Å². The molecule has 2 N–H and O–H groups in total. The van der Waals surface area contributed by atoms with Gasteiger partial charge in [0.15, 0.2) is 10.6 Å². The fraction of sp³-hybridized carbons (Fsp3) is 0.250. The molecule has 1 amide bonds. The van der Waals surface area contributed by atoms with Crippen LogP contribution in [0, 0.1) is 18.6 Å². The monoisotopic (exact) mass is 420 g/mol. The van der Waals surface area contributed by atoms with Crippen molar-refractivity contribution in [2.75, 3.05) is 0 Å². The Morgan fingerprint density at radius 3 is 2.60 bits per heavy atom. The predicted octanol–water partition coefficient (Wildman–Crippen LogP) is 2.97. The molecule has 0 saturated heterocycles. The molecule has 1 aromatic carbocycles. The Morgan fingerprint density at radius 1 is 1.32 bits per heavy atom. The number of hydrogen-bond donors (Lipinski definition) is 2. The smallest absolute Gasteiger partial charge is 0.255 e. The predicted molar refractivity (Wildman–Crippen MR) is 100 cm³/mol. The summed E-state index contributed by atoms with van der Waals surface area (Å²) < 4.78 is 5.00. The molecule has 0 radical (unpaired) electrons. The first-order chi connectivity index (χ1) is 11.9. The molecule has 0 spiro atoms. The molecule has 9 heteroatoms. The van der Waals surface area contributed by atoms with E-state index in [0.717, 1.165) is 15.9 Å². The number of nitrogens with zero attached hydrogens (tertiary/aromatic N) is 4. The van der Waals surface area contributed by atoms with Gasteiger partial charge in [-0.3, -0.25) is 9.89 Å². The second-order valence-electron chi connectivity index (χ2n) is 5.62. The third-order valence-electron chi connectivity index (χ3n) is 3.97. The number of H-pyrrole nitrogens is 1. The molecule has 0 aliphatic heterocycles. The number of rotatable bonds is 4. The fourth-order valence-electron chi connectivity index (χ4n) is 2.59. The highest BCUT2D eigenvalue weighted by molar-refractivity contribution is 9.10. The van der Waals surface area contributed by atoms with Crippen LogP contribution in [0.5, 0.6) is 0 Å². The van der Waals surface area contributed by atoms with Crippen LogP contribution < -0.4 is 5.32 Å². The van der Waals surface area contributed by atoms with E-state index in [-0.39, 0.29) is 12.5 Å². The lowest BCUT2D eigenvalue weighted by atomic mass is 10.2. The van der Waals surface area contributed by atoms with Crippen molar-refractivity contribution in [3.05, 3.63) is 56.3 Å². The van der Waals surface area contributed by atoms with Crippen LogP contribution in [0.3, 0.4) is 0 Å². The summed E-state index contributed by atoms with van der Waals surface area (Å²) in [6, 6.07) is 7.77. The van der Waals surface area contributed by atoms with Crippen molar-refractivity contribution in [2.24, 2.45) is 7.05 Å². The number of nitrogens with one attached hydrogen (secondary N) is 2. The summed E-state index contributed by atoms with van der Waals surface area (Å²) in [4.78, 5) is 12.6. The molecule has 2 heterocycles. The second kappa shape index (κ2) is 6.93. The normalized spacial score (nSPS) is 10.9. The van der Waals surface area contributed by atoms with Gasteiger partial charge < -0.3 is 9.88 Å². The molecule has 0 bridgehead atoms. The summed E-state index contributed by atoms with van der Waals surface area (Å²) in [6.07, 6.45) is 0. The molecule has 0 saturated carbocycles. The summed E-state index contributed by atoms with van der Waals surface area (Å²) >= 11 is 8.49. The van der Waals surface area contributed by atoms with E-state index in [2.05, 4.69) is 36.5 Å². The Labute approximate surface area is 158 Å². The van der Waals surface area contributed by atoms with Crippen LogP contribution in [0.4, 0.5) is 0 Å². The maximum atomic E-state index is 12.6. The topological polar surface area (TPSA) is 80.5 Å². The number of benzene rings is 1. The van der Waals surface area contributed by atoms with Gasteiger partial charge in [0.05, 0.1) is 29.2 Å². The Hall–Kier alpha value is -2.26. The average Bonchev–Trinajstić information content (AvgIpc) is 3.06. The standard InChI is InChI=1S/C16H17BrN6OS/c1-9-14(15(24)18-8-13-19-20-16(25)22(13)3)10(2)23(21-9)12-6-4-11(17)5-7-12/h4-7H,8H2,1-3H3,(H,18,24)(H,20,25). The first kappa shape index (κ1) is 17.6. The van der Waals surface area contributed by atoms with Crippen molar-refractivity contribution in [3.8, 4) is 5.69 Å². The third-order valence-corrected chi connectivity index (χ3v) is 4.86. The van der Waals surface area contributed by atoms with Gasteiger partial charge in [0.2, 0.25) is 0 Å². The first-order valence-electron chi connectivity index (χ1n) is 7.59. The van der Waals surface area contributed by atoms with Crippen LogP contribution in [0.25, 0.3) is 5.69 Å². The molecular formula is C16H17BrN6OS. The number of carbonyl (C=O) groups excluding carboxylic acids is 1. The van der Waals surface area contributed by atoms with Crippen molar-refractivity contribution in [1.29, 1.82) is 0 Å².